The number of hydrogen-bond acceptors (Lipinski definition) is 8. The maximum absolute atomic E-state index is 13.4. The number of imidazole rings is 1. The number of aromatic nitrogens is 3. The van der Waals surface area contributed by atoms with Crippen LogP contribution in [-0.4, -0.2) is 79.1 Å². The molecule has 1 amide bonds. The quantitative estimate of drug-likeness (QED) is 0.578. The number of oxazole rings is 1. The van der Waals surface area contributed by atoms with Gasteiger partial charge in [0.15, 0.2) is 11.5 Å². The number of fused-ring (bicyclic) bond motifs is 1. The Morgan fingerprint density at radius 3 is 2.59 bits per heavy atom. The van der Waals surface area contributed by atoms with Crippen LogP contribution in [0.5, 0.6) is 0 Å². The van der Waals surface area contributed by atoms with Gasteiger partial charge in [-0.15, -0.1) is 0 Å². The first-order valence-electron chi connectivity index (χ1n) is 10.9. The van der Waals surface area contributed by atoms with Gasteiger partial charge in [-0.3, -0.25) is 9.36 Å². The maximum atomic E-state index is 13.4. The Bertz CT molecular complexity index is 1210. The van der Waals surface area contributed by atoms with Crippen molar-refractivity contribution < 1.29 is 13.9 Å². The summed E-state index contributed by atoms with van der Waals surface area (Å²) in [5.41, 5.74) is 1.88. The number of hydrogen-bond donors (Lipinski definition) is 1. The van der Waals surface area contributed by atoms with Gasteiger partial charge in [-0.1, -0.05) is 23.2 Å². The number of anilines is 2. The molecule has 10 nitrogen and oxygen atoms in total. The van der Waals surface area contributed by atoms with Gasteiger partial charge in [0.2, 0.25) is 11.8 Å². The smallest absolute Gasteiger partial charge is 0.276 e. The van der Waals surface area contributed by atoms with E-state index in [1.807, 2.05) is 16.5 Å². The van der Waals surface area contributed by atoms with E-state index in [-0.39, 0.29) is 12.6 Å². The van der Waals surface area contributed by atoms with Crippen molar-refractivity contribution in [2.45, 2.75) is 6.54 Å². The van der Waals surface area contributed by atoms with Crippen LogP contribution >= 0.6 is 23.2 Å². The summed E-state index contributed by atoms with van der Waals surface area (Å²) in [6.07, 6.45) is 1.59. The first-order chi connectivity index (χ1) is 16.4. The van der Waals surface area contributed by atoms with Gasteiger partial charge in [0.25, 0.3) is 5.91 Å². The molecule has 2 aliphatic heterocycles. The van der Waals surface area contributed by atoms with Crippen molar-refractivity contribution >= 4 is 40.9 Å². The summed E-state index contributed by atoms with van der Waals surface area (Å²) in [6.45, 7) is 4.10. The van der Waals surface area contributed by atoms with Crippen LogP contribution in [0.3, 0.4) is 0 Å². The summed E-state index contributed by atoms with van der Waals surface area (Å²) in [5, 5.41) is 4.25. The molecule has 34 heavy (non-hydrogen) atoms. The molecule has 0 unspecified atom stereocenters. The molecule has 2 aliphatic rings. The predicted molar refractivity (Wildman–Crippen MR) is 130 cm³/mol. The molecule has 5 rings (SSSR count). The molecular weight excluding hydrogens is 481 g/mol. The van der Waals surface area contributed by atoms with Crippen molar-refractivity contribution in [3.05, 3.63) is 45.9 Å². The van der Waals surface area contributed by atoms with E-state index in [2.05, 4.69) is 15.2 Å². The van der Waals surface area contributed by atoms with Crippen LogP contribution < -0.4 is 15.1 Å². The molecule has 0 saturated carbocycles. The minimum Gasteiger partial charge on any atom is -0.444 e. The van der Waals surface area contributed by atoms with Crippen molar-refractivity contribution in [1.82, 2.24) is 24.8 Å². The molecule has 0 atom stereocenters. The van der Waals surface area contributed by atoms with Crippen LogP contribution in [-0.2, 0) is 11.3 Å². The van der Waals surface area contributed by atoms with Crippen molar-refractivity contribution in [2.75, 3.05) is 63.5 Å². The molecule has 1 saturated heterocycles. The Balaban J connectivity index is 1.56. The second-order valence-corrected chi connectivity index (χ2v) is 9.16. The van der Waals surface area contributed by atoms with Gasteiger partial charge in [0, 0.05) is 45.8 Å². The normalized spacial score (nSPS) is 17.1. The first kappa shape index (κ1) is 23.0. The van der Waals surface area contributed by atoms with Crippen molar-refractivity contribution in [3.8, 4) is 11.5 Å². The highest BCUT2D eigenvalue weighted by Crippen LogP contribution is 2.31. The molecular formula is C22H25Cl2N7O3. The number of nitrogens with one attached hydrogen (secondary N) is 1. The van der Waals surface area contributed by atoms with E-state index in [4.69, 9.17) is 37.3 Å². The monoisotopic (exact) mass is 505 g/mol. The number of benzene rings is 1. The fourth-order valence-corrected chi connectivity index (χ4v) is 4.38. The molecule has 0 spiro atoms. The number of piperazine rings is 1. The van der Waals surface area contributed by atoms with Crippen molar-refractivity contribution in [2.24, 2.45) is 0 Å². The molecule has 0 aliphatic carbocycles. The van der Waals surface area contributed by atoms with Gasteiger partial charge in [-0.2, -0.15) is 4.98 Å². The highest BCUT2D eigenvalue weighted by molar-refractivity contribution is 6.42. The summed E-state index contributed by atoms with van der Waals surface area (Å²) in [5.74, 6) is 1.57. The average molecular weight is 506 g/mol. The van der Waals surface area contributed by atoms with E-state index in [1.54, 1.807) is 36.4 Å². The van der Waals surface area contributed by atoms with E-state index in [1.165, 1.54) is 0 Å². The lowest BCUT2D eigenvalue weighted by Crippen LogP contribution is -2.45. The molecule has 0 bridgehead atoms. The number of rotatable bonds is 4. The number of ether oxygens (including phenoxy) is 1. The molecule has 2 aromatic heterocycles. The average Bonchev–Trinajstić information content (AvgIpc) is 3.45. The van der Waals surface area contributed by atoms with Crippen LogP contribution in [0.1, 0.15) is 16.2 Å². The van der Waals surface area contributed by atoms with Gasteiger partial charge >= 0.3 is 0 Å². The third kappa shape index (κ3) is 4.34. The SMILES string of the molecule is CN1COCN(C)c2nc(N3CCNCC3)n(Cc3coc(-c4ccc(Cl)c(Cl)c4)n3)c2C1=O. The Morgan fingerprint density at radius 2 is 1.82 bits per heavy atom. The summed E-state index contributed by atoms with van der Waals surface area (Å²) in [7, 11) is 3.59. The lowest BCUT2D eigenvalue weighted by molar-refractivity contribution is 0.0312. The first-order valence-corrected chi connectivity index (χ1v) is 11.7. The number of halogens is 2. The summed E-state index contributed by atoms with van der Waals surface area (Å²) in [6, 6.07) is 5.22. The van der Waals surface area contributed by atoms with Gasteiger partial charge in [-0.05, 0) is 18.2 Å². The Morgan fingerprint density at radius 1 is 1.06 bits per heavy atom. The van der Waals surface area contributed by atoms with Crippen molar-refractivity contribution in [3.63, 3.8) is 0 Å². The number of amides is 1. The van der Waals surface area contributed by atoms with E-state index in [0.29, 0.717) is 46.4 Å². The minimum atomic E-state index is -0.163. The Kier molecular flexibility index (Phi) is 6.39. The highest BCUT2D eigenvalue weighted by atomic mass is 35.5. The molecule has 12 heteroatoms. The fourth-order valence-electron chi connectivity index (χ4n) is 4.08. The number of nitrogens with zero attached hydrogens (tertiary/aromatic N) is 6. The highest BCUT2D eigenvalue weighted by Gasteiger charge is 2.32. The maximum Gasteiger partial charge on any atom is 0.276 e. The van der Waals surface area contributed by atoms with E-state index >= 15 is 0 Å². The molecule has 1 aromatic carbocycles. The van der Waals surface area contributed by atoms with E-state index in [9.17, 15) is 4.79 Å². The third-order valence-corrected chi connectivity index (χ3v) is 6.59. The van der Waals surface area contributed by atoms with Crippen molar-refractivity contribution in [1.29, 1.82) is 0 Å². The molecule has 3 aromatic rings. The van der Waals surface area contributed by atoms with Crippen LogP contribution in [0.4, 0.5) is 11.8 Å². The Labute approximate surface area is 207 Å². The van der Waals surface area contributed by atoms with Crippen LogP contribution in [0.2, 0.25) is 10.0 Å². The zero-order chi connectivity index (χ0) is 23.8. The Hall–Kier alpha value is -2.79. The van der Waals surface area contributed by atoms with Gasteiger partial charge in [0.05, 0.1) is 22.3 Å². The fraction of sp³-hybridized carbons (Fsp3) is 0.409. The third-order valence-electron chi connectivity index (χ3n) is 5.85. The topological polar surface area (TPSA) is 91.9 Å². The molecule has 0 radical (unpaired) electrons. The van der Waals surface area contributed by atoms with Crippen LogP contribution in [0.25, 0.3) is 11.5 Å². The van der Waals surface area contributed by atoms with Gasteiger partial charge in [-0.25, -0.2) is 4.98 Å². The molecule has 4 heterocycles. The van der Waals surface area contributed by atoms with Crippen LogP contribution in [0.15, 0.2) is 28.9 Å². The van der Waals surface area contributed by atoms with E-state index < -0.39 is 0 Å². The van der Waals surface area contributed by atoms with Crippen LogP contribution in [0, 0.1) is 0 Å². The van der Waals surface area contributed by atoms with Gasteiger partial charge < -0.3 is 29.2 Å². The molecule has 180 valence electrons. The predicted octanol–water partition coefficient (Wildman–Crippen LogP) is 2.76. The molecule has 1 N–H and O–H groups in total. The van der Waals surface area contributed by atoms with E-state index in [0.717, 1.165) is 37.7 Å². The second-order valence-electron chi connectivity index (χ2n) is 8.34. The number of carbonyl (C=O) groups is 1. The second kappa shape index (κ2) is 9.46. The minimum absolute atomic E-state index is 0.163. The largest absolute Gasteiger partial charge is 0.444 e. The lowest BCUT2D eigenvalue weighted by Gasteiger charge is -2.29. The standard InChI is InChI=1S/C22H25Cl2N7O3/c1-28-12-33-13-29(2)21(32)18-19(28)27-22(30-7-5-25-6-8-30)31(18)10-15-11-34-20(26-15)14-3-4-16(23)17(24)9-14/h3-4,9,11,25H,5-8,10,12-13H2,1-2H3. The molecule has 1 fully saturated rings. The number of carbonyl (C=O) groups excluding carboxylic acids is 1. The zero-order valence-corrected chi connectivity index (χ0v) is 20.4. The lowest BCUT2D eigenvalue weighted by atomic mass is 10.2. The summed E-state index contributed by atoms with van der Waals surface area (Å²) < 4.78 is 13.3. The van der Waals surface area contributed by atoms with Gasteiger partial charge in [0.1, 0.15) is 19.7 Å². The summed E-state index contributed by atoms with van der Waals surface area (Å²) in [4.78, 5) is 28.5. The zero-order valence-electron chi connectivity index (χ0n) is 18.9. The summed E-state index contributed by atoms with van der Waals surface area (Å²) >= 11 is 12.2.